The number of hydrogen-bond acceptors (Lipinski definition) is 6. The number of halogens is 3. The van der Waals surface area contributed by atoms with Crippen LogP contribution in [0.4, 0.5) is 14.5 Å². The Kier molecular flexibility index (Phi) is 11.7. The van der Waals surface area contributed by atoms with E-state index in [1.54, 1.807) is 0 Å². The fourth-order valence-electron chi connectivity index (χ4n) is 6.20. The summed E-state index contributed by atoms with van der Waals surface area (Å²) < 4.78 is 36.0. The molecule has 3 N–H and O–H groups in total. The molecule has 47 heavy (non-hydrogen) atoms. The van der Waals surface area contributed by atoms with Gasteiger partial charge in [0.2, 0.25) is 17.7 Å². The van der Waals surface area contributed by atoms with Crippen LogP contribution in [-0.4, -0.2) is 77.1 Å². The second-order valence-corrected chi connectivity index (χ2v) is 12.8. The highest BCUT2D eigenvalue weighted by atomic mass is 35.5. The smallest absolute Gasteiger partial charge is 0.267 e. The Labute approximate surface area is 277 Å². The number of ketones is 1. The van der Waals surface area contributed by atoms with Crippen LogP contribution in [0.3, 0.4) is 0 Å². The number of alkyl halides is 2. The van der Waals surface area contributed by atoms with Crippen LogP contribution < -0.4 is 16.0 Å². The number of carbonyl (C=O) groups is 5. The van der Waals surface area contributed by atoms with Crippen molar-refractivity contribution in [1.29, 1.82) is 0 Å². The minimum absolute atomic E-state index is 0.0666. The van der Waals surface area contributed by atoms with Gasteiger partial charge in [0.25, 0.3) is 11.8 Å². The molecule has 0 spiro atoms. The predicted molar refractivity (Wildman–Crippen MR) is 172 cm³/mol. The molecular weight excluding hydrogens is 634 g/mol. The quantitative estimate of drug-likeness (QED) is 0.287. The number of nitrogens with zero attached hydrogens (tertiary/aromatic N) is 1. The van der Waals surface area contributed by atoms with Crippen molar-refractivity contribution in [2.24, 2.45) is 0 Å². The molecule has 10 nitrogen and oxygen atoms in total. The van der Waals surface area contributed by atoms with Gasteiger partial charge in [-0.05, 0) is 62.4 Å². The summed E-state index contributed by atoms with van der Waals surface area (Å²) in [4.78, 5) is 64.4. The first-order chi connectivity index (χ1) is 22.2. The van der Waals surface area contributed by atoms with Gasteiger partial charge in [0, 0.05) is 25.3 Å². The molecular formula is C34H41ClF2N4O6. The number of hydrogen-bond donors (Lipinski definition) is 3. The minimum atomic E-state index is -3.35. The maximum atomic E-state index is 14.8. The first-order valence-electron chi connectivity index (χ1n) is 15.8. The summed E-state index contributed by atoms with van der Waals surface area (Å²) in [5, 5.41) is 7.87. The first-order valence-corrected chi connectivity index (χ1v) is 16.1. The van der Waals surface area contributed by atoms with Crippen LogP contribution >= 0.6 is 11.6 Å². The molecule has 2 aromatic carbocycles. The van der Waals surface area contributed by atoms with E-state index in [1.165, 1.54) is 50.1 Å². The molecule has 254 valence electrons. The number of amides is 4. The summed E-state index contributed by atoms with van der Waals surface area (Å²) in [6, 6.07) is 8.51. The zero-order valence-corrected chi connectivity index (χ0v) is 27.7. The highest BCUT2D eigenvalue weighted by Gasteiger charge is 2.51. The summed E-state index contributed by atoms with van der Waals surface area (Å²) in [5.41, 5.74) is 2.71. The first kappa shape index (κ1) is 35.9. The lowest BCUT2D eigenvalue weighted by atomic mass is 9.99. The Balaban J connectivity index is 1.46. The highest BCUT2D eigenvalue weighted by molar-refractivity contribution is 6.34. The summed E-state index contributed by atoms with van der Waals surface area (Å²) in [5.74, 6) is -6.31. The molecule has 4 rings (SSSR count). The van der Waals surface area contributed by atoms with Gasteiger partial charge in [0.05, 0.1) is 35.5 Å². The third-order valence-electron chi connectivity index (χ3n) is 8.35. The van der Waals surface area contributed by atoms with Crippen LogP contribution in [0, 0.1) is 0 Å². The van der Waals surface area contributed by atoms with Crippen molar-refractivity contribution in [2.75, 3.05) is 11.9 Å². The second kappa shape index (κ2) is 15.3. The molecule has 1 fully saturated rings. The van der Waals surface area contributed by atoms with E-state index in [0.717, 1.165) is 4.90 Å². The van der Waals surface area contributed by atoms with Gasteiger partial charge in [-0.3, -0.25) is 24.0 Å². The van der Waals surface area contributed by atoms with Crippen molar-refractivity contribution < 1.29 is 37.5 Å². The molecule has 1 saturated heterocycles. The molecule has 2 aliphatic rings. The highest BCUT2D eigenvalue weighted by Crippen LogP contribution is 2.33. The molecule has 0 radical (unpaired) electrons. The molecule has 4 atom stereocenters. The van der Waals surface area contributed by atoms with E-state index in [9.17, 15) is 32.8 Å². The number of likely N-dealkylation sites (tertiary alicyclic amines) is 1. The van der Waals surface area contributed by atoms with Crippen molar-refractivity contribution in [2.45, 2.75) is 102 Å². The van der Waals surface area contributed by atoms with Gasteiger partial charge in [0.15, 0.2) is 0 Å². The van der Waals surface area contributed by atoms with Crippen LogP contribution in [0.15, 0.2) is 42.5 Å². The molecule has 1 aliphatic carbocycles. The number of anilines is 1. The van der Waals surface area contributed by atoms with E-state index in [4.69, 9.17) is 16.3 Å². The van der Waals surface area contributed by atoms with Crippen LogP contribution in [0.5, 0.6) is 0 Å². The van der Waals surface area contributed by atoms with Crippen LogP contribution in [0.25, 0.3) is 0 Å². The lowest BCUT2D eigenvalue weighted by molar-refractivity contribution is -0.141. The number of fused-ring (bicyclic) bond motifs is 1. The van der Waals surface area contributed by atoms with E-state index in [1.807, 2.05) is 31.2 Å². The average molecular weight is 675 g/mol. The second-order valence-electron chi connectivity index (χ2n) is 12.4. The SMILES string of the molecule is CCCC(OC1Cc2ccccc2C1)C(CC(C)=O)NC(=O)C1CC(F)(F)CN1C(=O)C(C)NC(=O)c1ccc(NC(C)=O)c(Cl)c1. The Morgan fingerprint density at radius 3 is 2.28 bits per heavy atom. The third kappa shape index (κ3) is 9.35. The molecule has 13 heteroatoms. The molecule has 1 heterocycles. The van der Waals surface area contributed by atoms with Crippen molar-refractivity contribution in [3.8, 4) is 0 Å². The fraction of sp³-hybridized carbons (Fsp3) is 0.500. The normalized spacial score (nSPS) is 19.0. The molecule has 0 saturated carbocycles. The van der Waals surface area contributed by atoms with E-state index in [-0.39, 0.29) is 40.5 Å². The zero-order valence-electron chi connectivity index (χ0n) is 26.9. The van der Waals surface area contributed by atoms with Crippen LogP contribution in [0.1, 0.15) is 74.9 Å². The fourth-order valence-corrected chi connectivity index (χ4v) is 6.42. The van der Waals surface area contributed by atoms with Crippen molar-refractivity contribution in [3.05, 3.63) is 64.2 Å². The number of Topliss-reactive ketones (excluding diaryl/α,β-unsaturated/α-hetero) is 1. The Morgan fingerprint density at radius 1 is 1.04 bits per heavy atom. The van der Waals surface area contributed by atoms with Crippen molar-refractivity contribution in [1.82, 2.24) is 15.5 Å². The van der Waals surface area contributed by atoms with E-state index in [2.05, 4.69) is 16.0 Å². The summed E-state index contributed by atoms with van der Waals surface area (Å²) in [7, 11) is 0. The number of benzene rings is 2. The zero-order chi connectivity index (χ0) is 34.5. The summed E-state index contributed by atoms with van der Waals surface area (Å²) in [6.07, 6.45) is 0.892. The lowest BCUT2D eigenvalue weighted by Crippen LogP contribution is -2.55. The third-order valence-corrected chi connectivity index (χ3v) is 8.67. The van der Waals surface area contributed by atoms with Crippen LogP contribution in [-0.2, 0) is 36.8 Å². The average Bonchev–Trinajstić information content (AvgIpc) is 3.56. The lowest BCUT2D eigenvalue weighted by Gasteiger charge is -2.32. The molecule has 2 aromatic rings. The maximum absolute atomic E-state index is 14.8. The van der Waals surface area contributed by atoms with Gasteiger partial charge in [-0.2, -0.15) is 0 Å². The monoisotopic (exact) mass is 674 g/mol. The number of ether oxygens (including phenoxy) is 1. The molecule has 0 bridgehead atoms. The number of rotatable bonds is 13. The van der Waals surface area contributed by atoms with Gasteiger partial charge in [0.1, 0.15) is 17.9 Å². The number of nitrogens with one attached hydrogen (secondary N) is 3. The van der Waals surface area contributed by atoms with Crippen LogP contribution in [0.2, 0.25) is 5.02 Å². The van der Waals surface area contributed by atoms with Crippen molar-refractivity contribution >= 4 is 46.7 Å². The molecule has 4 amide bonds. The Hall–Kier alpha value is -3.90. The summed E-state index contributed by atoms with van der Waals surface area (Å²) in [6.45, 7) is 4.97. The van der Waals surface area contributed by atoms with Gasteiger partial charge in [-0.25, -0.2) is 8.78 Å². The Bertz CT molecular complexity index is 1500. The van der Waals surface area contributed by atoms with E-state index < -0.39 is 60.8 Å². The molecule has 0 aromatic heterocycles. The minimum Gasteiger partial charge on any atom is -0.372 e. The summed E-state index contributed by atoms with van der Waals surface area (Å²) >= 11 is 6.16. The molecule has 4 unspecified atom stereocenters. The van der Waals surface area contributed by atoms with E-state index in [0.29, 0.717) is 25.7 Å². The Morgan fingerprint density at radius 2 is 1.70 bits per heavy atom. The van der Waals surface area contributed by atoms with E-state index >= 15 is 0 Å². The predicted octanol–water partition coefficient (Wildman–Crippen LogP) is 4.47. The molecule has 1 aliphatic heterocycles. The van der Waals surface area contributed by atoms with Gasteiger partial charge in [-0.15, -0.1) is 0 Å². The van der Waals surface area contributed by atoms with Gasteiger partial charge < -0.3 is 25.6 Å². The largest absolute Gasteiger partial charge is 0.372 e. The van der Waals surface area contributed by atoms with Crippen molar-refractivity contribution in [3.63, 3.8) is 0 Å². The number of carbonyl (C=O) groups excluding carboxylic acids is 5. The topological polar surface area (TPSA) is 134 Å². The maximum Gasteiger partial charge on any atom is 0.267 e. The standard InChI is InChI=1S/C34H41ClF2N4O6/c1-5-8-30(47-25-14-22-9-6-7-10-23(22)15-25)28(13-19(2)42)40-32(45)29-17-34(36,37)18-41(29)33(46)20(3)38-31(44)24-11-12-27(26(35)16-24)39-21(4)43/h6-7,9-12,16,20,25,28-30H,5,8,13-15,17-18H2,1-4H3,(H,38,44)(H,39,43)(H,40,45). The van der Waals surface area contributed by atoms with Gasteiger partial charge in [-0.1, -0.05) is 49.2 Å². The van der Waals surface area contributed by atoms with Gasteiger partial charge >= 0.3 is 0 Å².